The minimum Gasteiger partial charge on any atom is -0.294 e. The topological polar surface area (TPSA) is 64.0 Å². The highest BCUT2D eigenvalue weighted by atomic mass is 19.4. The first kappa shape index (κ1) is 11.2. The smallest absolute Gasteiger partial charge is 0.294 e. The number of hydrogen-bond acceptors (Lipinski definition) is 3. The molecule has 0 aromatic carbocycles. The third-order valence-electron chi connectivity index (χ3n) is 3.47. The van der Waals surface area contributed by atoms with Crippen LogP contribution in [-0.2, 0) is 16.5 Å². The van der Waals surface area contributed by atoms with E-state index in [-0.39, 0.29) is 5.95 Å². The SMILES string of the molecule is O=C1Nc2nc(C(F)(F)F)cc(=O)n2C12CCC2. The van der Waals surface area contributed by atoms with Gasteiger partial charge < -0.3 is 0 Å². The van der Waals surface area contributed by atoms with E-state index in [1.165, 1.54) is 0 Å². The van der Waals surface area contributed by atoms with Crippen LogP contribution in [0.4, 0.5) is 19.1 Å². The van der Waals surface area contributed by atoms with Crippen LogP contribution in [0.25, 0.3) is 0 Å². The van der Waals surface area contributed by atoms with Gasteiger partial charge >= 0.3 is 6.18 Å². The number of rotatable bonds is 0. The van der Waals surface area contributed by atoms with Crippen LogP contribution in [0, 0.1) is 0 Å². The van der Waals surface area contributed by atoms with Gasteiger partial charge in [-0.05, 0) is 19.3 Å². The normalized spacial score (nSPS) is 20.5. The van der Waals surface area contributed by atoms with Crippen LogP contribution < -0.4 is 10.9 Å². The van der Waals surface area contributed by atoms with E-state index < -0.39 is 28.9 Å². The van der Waals surface area contributed by atoms with Gasteiger partial charge in [-0.1, -0.05) is 0 Å². The molecule has 1 N–H and O–H groups in total. The number of carbonyl (C=O) groups is 1. The number of amides is 1. The van der Waals surface area contributed by atoms with E-state index in [0.29, 0.717) is 18.9 Å². The number of carbonyl (C=O) groups excluding carboxylic acids is 1. The van der Waals surface area contributed by atoms with Gasteiger partial charge in [-0.3, -0.25) is 19.5 Å². The zero-order valence-corrected chi connectivity index (χ0v) is 9.04. The van der Waals surface area contributed by atoms with Gasteiger partial charge in [-0.25, -0.2) is 4.98 Å². The Bertz CT molecular complexity index is 601. The van der Waals surface area contributed by atoms with E-state index in [2.05, 4.69) is 10.3 Å². The van der Waals surface area contributed by atoms with Gasteiger partial charge in [0.05, 0.1) is 0 Å². The van der Waals surface area contributed by atoms with E-state index in [1.807, 2.05) is 0 Å². The van der Waals surface area contributed by atoms with Crippen LogP contribution >= 0.6 is 0 Å². The van der Waals surface area contributed by atoms with Crippen LogP contribution in [0.2, 0.25) is 0 Å². The summed E-state index contributed by atoms with van der Waals surface area (Å²) in [5.41, 5.74) is -3.13. The highest BCUT2D eigenvalue weighted by molar-refractivity contribution is 5.99. The van der Waals surface area contributed by atoms with Crippen molar-refractivity contribution in [1.82, 2.24) is 9.55 Å². The second-order valence-corrected chi connectivity index (χ2v) is 4.48. The number of aromatic nitrogens is 2. The number of anilines is 1. The molecular weight excluding hydrogens is 251 g/mol. The van der Waals surface area contributed by atoms with Crippen molar-refractivity contribution in [3.05, 3.63) is 22.1 Å². The van der Waals surface area contributed by atoms with E-state index in [0.717, 1.165) is 11.0 Å². The lowest BCUT2D eigenvalue weighted by atomic mass is 9.76. The van der Waals surface area contributed by atoms with Crippen LogP contribution in [-0.4, -0.2) is 15.5 Å². The lowest BCUT2D eigenvalue weighted by Gasteiger charge is -2.36. The Labute approximate surface area is 98.6 Å². The predicted molar refractivity (Wildman–Crippen MR) is 54.0 cm³/mol. The minimum atomic E-state index is -4.70. The summed E-state index contributed by atoms with van der Waals surface area (Å²) in [5.74, 6) is -0.753. The van der Waals surface area contributed by atoms with Gasteiger partial charge in [0, 0.05) is 6.07 Å². The number of alkyl halides is 3. The Hall–Kier alpha value is -1.86. The fraction of sp³-hybridized carbons (Fsp3) is 0.500. The largest absolute Gasteiger partial charge is 0.433 e. The van der Waals surface area contributed by atoms with Gasteiger partial charge in [0.15, 0.2) is 5.69 Å². The third-order valence-corrected chi connectivity index (χ3v) is 3.47. The third kappa shape index (κ3) is 1.25. The standard InChI is InChI=1S/C10H8F3N3O2/c11-10(12,13)5-4-6(17)16-8(14-5)15-7(18)9(16)2-1-3-9/h4H,1-3H2,(H,14,15,18). The van der Waals surface area contributed by atoms with Crippen molar-refractivity contribution in [2.24, 2.45) is 0 Å². The second-order valence-electron chi connectivity index (χ2n) is 4.48. The summed E-state index contributed by atoms with van der Waals surface area (Å²) in [7, 11) is 0. The van der Waals surface area contributed by atoms with Crippen LogP contribution in [0.5, 0.6) is 0 Å². The van der Waals surface area contributed by atoms with Gasteiger partial charge in [0.1, 0.15) is 5.54 Å². The second kappa shape index (κ2) is 3.12. The Morgan fingerprint density at radius 3 is 2.50 bits per heavy atom. The predicted octanol–water partition coefficient (Wildman–Crippen LogP) is 1.09. The maximum absolute atomic E-state index is 12.5. The highest BCUT2D eigenvalue weighted by Crippen LogP contribution is 2.44. The quantitative estimate of drug-likeness (QED) is 0.758. The summed E-state index contributed by atoms with van der Waals surface area (Å²) in [6, 6.07) is 0.434. The summed E-state index contributed by atoms with van der Waals surface area (Å²) in [6.45, 7) is 0. The Morgan fingerprint density at radius 2 is 2.00 bits per heavy atom. The first-order valence-electron chi connectivity index (χ1n) is 5.38. The van der Waals surface area contributed by atoms with Crippen LogP contribution in [0.15, 0.2) is 10.9 Å². The average Bonchev–Trinajstić information content (AvgIpc) is 2.48. The summed E-state index contributed by atoms with van der Waals surface area (Å²) in [5, 5.41) is 2.26. The fourth-order valence-corrected chi connectivity index (χ4v) is 2.41. The number of halogens is 3. The number of hydrogen-bond donors (Lipinski definition) is 1. The Balaban J connectivity index is 2.21. The summed E-state index contributed by atoms with van der Waals surface area (Å²) in [6.07, 6.45) is -3.02. The van der Waals surface area contributed by atoms with Crippen molar-refractivity contribution >= 4 is 11.9 Å². The minimum absolute atomic E-state index is 0.306. The monoisotopic (exact) mass is 259 g/mol. The molecule has 0 unspecified atom stereocenters. The average molecular weight is 259 g/mol. The lowest BCUT2D eigenvalue weighted by Crippen LogP contribution is -2.49. The van der Waals surface area contributed by atoms with Gasteiger partial charge in [0.25, 0.3) is 11.5 Å². The van der Waals surface area contributed by atoms with E-state index in [1.54, 1.807) is 0 Å². The molecule has 18 heavy (non-hydrogen) atoms. The first-order chi connectivity index (χ1) is 8.34. The lowest BCUT2D eigenvalue weighted by molar-refractivity contribution is -0.141. The molecule has 1 aliphatic carbocycles. The molecule has 1 aromatic heterocycles. The van der Waals surface area contributed by atoms with Crippen molar-refractivity contribution in [1.29, 1.82) is 0 Å². The van der Waals surface area contributed by atoms with Crippen molar-refractivity contribution in [2.75, 3.05) is 5.32 Å². The van der Waals surface area contributed by atoms with Crippen LogP contribution in [0.3, 0.4) is 0 Å². The molecule has 1 fully saturated rings. The molecule has 96 valence electrons. The molecule has 2 aliphatic rings. The number of fused-ring (bicyclic) bond motifs is 2. The molecule has 1 saturated carbocycles. The van der Waals surface area contributed by atoms with Gasteiger partial charge in [-0.2, -0.15) is 13.2 Å². The van der Waals surface area contributed by atoms with Crippen molar-refractivity contribution in [2.45, 2.75) is 31.0 Å². The summed E-state index contributed by atoms with van der Waals surface area (Å²) >= 11 is 0. The van der Waals surface area contributed by atoms with E-state index >= 15 is 0 Å². The van der Waals surface area contributed by atoms with Gasteiger partial charge in [-0.15, -0.1) is 0 Å². The van der Waals surface area contributed by atoms with Crippen molar-refractivity contribution < 1.29 is 18.0 Å². The molecule has 0 radical (unpaired) electrons. The molecule has 0 saturated heterocycles. The summed E-state index contributed by atoms with van der Waals surface area (Å²) < 4.78 is 38.5. The molecule has 1 aliphatic heterocycles. The Morgan fingerprint density at radius 1 is 1.33 bits per heavy atom. The number of nitrogens with zero attached hydrogens (tertiary/aromatic N) is 2. The Kier molecular flexibility index (Phi) is 1.95. The molecule has 2 heterocycles. The molecule has 1 amide bonds. The molecule has 1 spiro atoms. The fourth-order valence-electron chi connectivity index (χ4n) is 2.41. The van der Waals surface area contributed by atoms with E-state index in [4.69, 9.17) is 0 Å². The molecule has 0 bridgehead atoms. The number of nitrogens with one attached hydrogen (secondary N) is 1. The maximum Gasteiger partial charge on any atom is 0.433 e. The molecular formula is C10H8F3N3O2. The van der Waals surface area contributed by atoms with E-state index in [9.17, 15) is 22.8 Å². The van der Waals surface area contributed by atoms with Crippen LogP contribution in [0.1, 0.15) is 25.0 Å². The molecule has 0 atom stereocenters. The summed E-state index contributed by atoms with van der Waals surface area (Å²) in [4.78, 5) is 26.8. The van der Waals surface area contributed by atoms with Gasteiger partial charge in [0.2, 0.25) is 5.95 Å². The molecule has 3 rings (SSSR count). The zero-order chi connectivity index (χ0) is 13.1. The maximum atomic E-state index is 12.5. The molecule has 8 heteroatoms. The zero-order valence-electron chi connectivity index (χ0n) is 9.04. The van der Waals surface area contributed by atoms with Crippen molar-refractivity contribution in [3.63, 3.8) is 0 Å². The molecule has 5 nitrogen and oxygen atoms in total. The first-order valence-corrected chi connectivity index (χ1v) is 5.38. The van der Waals surface area contributed by atoms with Crippen molar-refractivity contribution in [3.8, 4) is 0 Å². The molecule has 1 aromatic rings. The highest BCUT2D eigenvalue weighted by Gasteiger charge is 2.53.